The Morgan fingerprint density at radius 1 is 1.15 bits per heavy atom. The number of hydrogen-bond donors (Lipinski definition) is 1. The zero-order chi connectivity index (χ0) is 14.3. The van der Waals surface area contributed by atoms with Gasteiger partial charge in [0.1, 0.15) is 5.60 Å². The molecule has 7 unspecified atom stereocenters. The van der Waals surface area contributed by atoms with Gasteiger partial charge >= 0.3 is 5.97 Å². The van der Waals surface area contributed by atoms with Gasteiger partial charge in [-0.3, -0.25) is 4.79 Å². The summed E-state index contributed by atoms with van der Waals surface area (Å²) in [6, 6.07) is 0. The lowest BCUT2D eigenvalue weighted by molar-refractivity contribution is -0.168. The summed E-state index contributed by atoms with van der Waals surface area (Å²) in [5.41, 5.74) is -0.823. The van der Waals surface area contributed by atoms with Crippen LogP contribution in [0.3, 0.4) is 0 Å². The van der Waals surface area contributed by atoms with E-state index >= 15 is 0 Å². The number of hydrogen-bond acceptors (Lipinski definition) is 3. The molecule has 0 aromatic rings. The lowest BCUT2D eigenvalue weighted by Gasteiger charge is -2.45. The normalized spacial score (nSPS) is 52.4. The van der Waals surface area contributed by atoms with Gasteiger partial charge in [0, 0.05) is 0 Å². The van der Waals surface area contributed by atoms with Crippen LogP contribution in [0.1, 0.15) is 52.9 Å². The van der Waals surface area contributed by atoms with Crippen LogP contribution in [-0.2, 0) is 9.53 Å². The predicted octanol–water partition coefficient (Wildman–Crippen LogP) is 2.76. The standard InChI is InChI=1S/C17H26O3/c1-16(2,3)20-15(18)13-8-11-7-12(13)14-9-4-5-10(6-9)17(11,14)19/h9-14,19H,4-8H2,1-3H3. The highest BCUT2D eigenvalue weighted by atomic mass is 16.6. The van der Waals surface area contributed by atoms with Crippen LogP contribution < -0.4 is 0 Å². The minimum Gasteiger partial charge on any atom is -0.460 e. The lowest BCUT2D eigenvalue weighted by atomic mass is 9.64. The molecule has 0 amide bonds. The maximum absolute atomic E-state index is 12.4. The van der Waals surface area contributed by atoms with Gasteiger partial charge < -0.3 is 9.84 Å². The van der Waals surface area contributed by atoms with Crippen molar-refractivity contribution in [3.8, 4) is 0 Å². The monoisotopic (exact) mass is 278 g/mol. The van der Waals surface area contributed by atoms with Crippen molar-refractivity contribution >= 4 is 5.97 Å². The highest BCUT2D eigenvalue weighted by molar-refractivity contribution is 5.74. The second kappa shape index (κ2) is 3.79. The number of fused-ring (bicyclic) bond motifs is 9. The van der Waals surface area contributed by atoms with Crippen LogP contribution in [0, 0.1) is 35.5 Å². The third-order valence-electron chi connectivity index (χ3n) is 6.61. The van der Waals surface area contributed by atoms with E-state index in [1.165, 1.54) is 19.3 Å². The molecule has 4 rings (SSSR count). The van der Waals surface area contributed by atoms with Crippen molar-refractivity contribution in [2.24, 2.45) is 35.5 Å². The average Bonchev–Trinajstić information content (AvgIpc) is 3.02. The number of aliphatic hydroxyl groups is 1. The molecule has 4 bridgehead atoms. The Labute approximate surface area is 121 Å². The molecule has 3 nitrogen and oxygen atoms in total. The van der Waals surface area contributed by atoms with E-state index in [0.29, 0.717) is 29.6 Å². The summed E-state index contributed by atoms with van der Waals surface area (Å²) in [6.07, 6.45) is 5.59. The molecular formula is C17H26O3. The Bertz CT molecular complexity index is 452. The zero-order valence-electron chi connectivity index (χ0n) is 12.8. The van der Waals surface area contributed by atoms with Gasteiger partial charge in [-0.15, -0.1) is 0 Å². The van der Waals surface area contributed by atoms with Gasteiger partial charge in [-0.1, -0.05) is 0 Å². The summed E-state index contributed by atoms with van der Waals surface area (Å²) < 4.78 is 5.62. The molecule has 0 heterocycles. The third-order valence-corrected chi connectivity index (χ3v) is 6.61. The van der Waals surface area contributed by atoms with Crippen LogP contribution in [0.4, 0.5) is 0 Å². The van der Waals surface area contributed by atoms with E-state index in [9.17, 15) is 9.90 Å². The molecule has 0 saturated heterocycles. The molecule has 4 aliphatic carbocycles. The van der Waals surface area contributed by atoms with Crippen molar-refractivity contribution in [1.29, 1.82) is 0 Å². The van der Waals surface area contributed by atoms with Crippen LogP contribution in [0.5, 0.6) is 0 Å². The number of carbonyl (C=O) groups excluding carboxylic acids is 1. The molecule has 20 heavy (non-hydrogen) atoms. The van der Waals surface area contributed by atoms with E-state index < -0.39 is 11.2 Å². The second-order valence-electron chi connectivity index (χ2n) is 8.66. The average molecular weight is 278 g/mol. The molecule has 3 heteroatoms. The highest BCUT2D eigenvalue weighted by Crippen LogP contribution is 2.70. The predicted molar refractivity (Wildman–Crippen MR) is 74.8 cm³/mol. The first-order valence-electron chi connectivity index (χ1n) is 8.26. The van der Waals surface area contributed by atoms with Crippen LogP contribution in [0.25, 0.3) is 0 Å². The minimum atomic E-state index is -0.425. The molecule has 112 valence electrons. The van der Waals surface area contributed by atoms with Gasteiger partial charge in [0.25, 0.3) is 0 Å². The maximum atomic E-state index is 12.4. The first-order chi connectivity index (χ1) is 9.30. The maximum Gasteiger partial charge on any atom is 0.309 e. The molecule has 4 saturated carbocycles. The summed E-state index contributed by atoms with van der Waals surface area (Å²) in [5, 5.41) is 11.2. The number of rotatable bonds is 1. The van der Waals surface area contributed by atoms with Crippen LogP contribution in [-0.4, -0.2) is 22.3 Å². The van der Waals surface area contributed by atoms with E-state index in [1.807, 2.05) is 20.8 Å². The molecule has 0 aromatic carbocycles. The SMILES string of the molecule is CC(C)(C)OC(=O)C1CC2CC1C1C3CCC(C3)C21O. The zero-order valence-corrected chi connectivity index (χ0v) is 12.8. The molecule has 7 atom stereocenters. The fourth-order valence-corrected chi connectivity index (χ4v) is 6.20. The summed E-state index contributed by atoms with van der Waals surface area (Å²) in [7, 11) is 0. The van der Waals surface area contributed by atoms with Crippen molar-refractivity contribution in [3.05, 3.63) is 0 Å². The molecule has 0 spiro atoms. The first kappa shape index (κ1) is 13.1. The second-order valence-corrected chi connectivity index (χ2v) is 8.66. The van der Waals surface area contributed by atoms with Gasteiger partial charge in [-0.2, -0.15) is 0 Å². The molecule has 0 radical (unpaired) electrons. The Hall–Kier alpha value is -0.570. The van der Waals surface area contributed by atoms with Gasteiger partial charge in [0.05, 0.1) is 11.5 Å². The van der Waals surface area contributed by atoms with Crippen molar-refractivity contribution in [3.63, 3.8) is 0 Å². The van der Waals surface area contributed by atoms with E-state index in [0.717, 1.165) is 12.8 Å². The van der Waals surface area contributed by atoms with Crippen LogP contribution >= 0.6 is 0 Å². The molecule has 0 aromatic heterocycles. The van der Waals surface area contributed by atoms with E-state index in [-0.39, 0.29) is 11.9 Å². The Balaban J connectivity index is 1.57. The molecular weight excluding hydrogens is 252 g/mol. The van der Waals surface area contributed by atoms with Crippen molar-refractivity contribution in [2.45, 2.75) is 64.1 Å². The number of esters is 1. The minimum absolute atomic E-state index is 0.0187. The van der Waals surface area contributed by atoms with Gasteiger partial charge in [0.15, 0.2) is 0 Å². The topological polar surface area (TPSA) is 46.5 Å². The fraction of sp³-hybridized carbons (Fsp3) is 0.941. The smallest absolute Gasteiger partial charge is 0.309 e. The van der Waals surface area contributed by atoms with Gasteiger partial charge in [-0.25, -0.2) is 0 Å². The molecule has 4 fully saturated rings. The largest absolute Gasteiger partial charge is 0.460 e. The van der Waals surface area contributed by atoms with Crippen LogP contribution in [0.15, 0.2) is 0 Å². The van der Waals surface area contributed by atoms with Crippen LogP contribution in [0.2, 0.25) is 0 Å². The summed E-state index contributed by atoms with van der Waals surface area (Å²) >= 11 is 0. The van der Waals surface area contributed by atoms with Gasteiger partial charge in [-0.05, 0) is 82.5 Å². The highest BCUT2D eigenvalue weighted by Gasteiger charge is 2.71. The fourth-order valence-electron chi connectivity index (χ4n) is 6.20. The molecule has 4 aliphatic rings. The molecule has 1 N–H and O–H groups in total. The van der Waals surface area contributed by atoms with Crippen molar-refractivity contribution < 1.29 is 14.6 Å². The quantitative estimate of drug-likeness (QED) is 0.592. The summed E-state index contributed by atoms with van der Waals surface area (Å²) in [4.78, 5) is 12.4. The summed E-state index contributed by atoms with van der Waals surface area (Å²) in [6.45, 7) is 5.81. The summed E-state index contributed by atoms with van der Waals surface area (Å²) in [5.74, 6) is 2.34. The Morgan fingerprint density at radius 3 is 2.60 bits per heavy atom. The third kappa shape index (κ3) is 1.53. The van der Waals surface area contributed by atoms with E-state index in [2.05, 4.69) is 0 Å². The van der Waals surface area contributed by atoms with E-state index in [4.69, 9.17) is 4.74 Å². The van der Waals surface area contributed by atoms with Crippen molar-refractivity contribution in [2.75, 3.05) is 0 Å². The van der Waals surface area contributed by atoms with Gasteiger partial charge in [0.2, 0.25) is 0 Å². The lowest BCUT2D eigenvalue weighted by Crippen LogP contribution is -2.51. The first-order valence-corrected chi connectivity index (χ1v) is 8.26. The van der Waals surface area contributed by atoms with Crippen molar-refractivity contribution in [1.82, 2.24) is 0 Å². The number of ether oxygens (including phenoxy) is 1. The van der Waals surface area contributed by atoms with E-state index in [1.54, 1.807) is 0 Å². The molecule has 0 aliphatic heterocycles. The Morgan fingerprint density at radius 2 is 1.90 bits per heavy atom. The number of carbonyl (C=O) groups is 1. The Kier molecular flexibility index (Phi) is 2.49.